The van der Waals surface area contributed by atoms with Gasteiger partial charge in [0.2, 0.25) is 5.75 Å². The molecule has 0 bridgehead atoms. The standard InChI is InChI=1S/C28H28ClNO6/c1-32-21-10-8-20(9-11-21)24(31)12-13-30-23-15-18(14-22(29)27(23)35-4)6-7-19-16-25(33-2)28(36-5)26(17-19)34-3/h6-17,30H,1-5H3/b7-6-,13-12-. The van der Waals surface area contributed by atoms with Crippen molar-refractivity contribution in [3.63, 3.8) is 0 Å². The molecule has 188 valence electrons. The number of carbonyl (C=O) groups is 1. The fourth-order valence-corrected chi connectivity index (χ4v) is 3.78. The summed E-state index contributed by atoms with van der Waals surface area (Å²) in [5, 5.41) is 3.51. The van der Waals surface area contributed by atoms with Gasteiger partial charge in [0.15, 0.2) is 23.0 Å². The summed E-state index contributed by atoms with van der Waals surface area (Å²) in [6, 6.07) is 14.2. The smallest absolute Gasteiger partial charge is 0.203 e. The molecule has 7 nitrogen and oxygen atoms in total. The van der Waals surface area contributed by atoms with Gasteiger partial charge in [0.05, 0.1) is 46.3 Å². The van der Waals surface area contributed by atoms with E-state index in [2.05, 4.69) is 5.32 Å². The number of hydrogen-bond donors (Lipinski definition) is 1. The highest BCUT2D eigenvalue weighted by Crippen LogP contribution is 2.39. The van der Waals surface area contributed by atoms with Gasteiger partial charge in [0.25, 0.3) is 0 Å². The number of benzene rings is 3. The number of carbonyl (C=O) groups excluding carboxylic acids is 1. The number of halogens is 1. The molecule has 36 heavy (non-hydrogen) atoms. The number of ketones is 1. The van der Waals surface area contributed by atoms with Crippen molar-refractivity contribution in [3.8, 4) is 28.7 Å². The molecule has 0 radical (unpaired) electrons. The molecule has 0 atom stereocenters. The molecule has 3 rings (SSSR count). The van der Waals surface area contributed by atoms with E-state index in [9.17, 15) is 4.79 Å². The monoisotopic (exact) mass is 509 g/mol. The normalized spacial score (nSPS) is 10.9. The molecule has 0 aliphatic heterocycles. The first-order valence-corrected chi connectivity index (χ1v) is 11.3. The summed E-state index contributed by atoms with van der Waals surface area (Å²) < 4.78 is 26.8. The summed E-state index contributed by atoms with van der Waals surface area (Å²) in [6.07, 6.45) is 6.78. The topological polar surface area (TPSA) is 75.3 Å². The van der Waals surface area contributed by atoms with Crippen molar-refractivity contribution in [3.05, 3.63) is 82.5 Å². The number of ether oxygens (including phenoxy) is 5. The molecule has 1 N–H and O–H groups in total. The Labute approximate surface area is 215 Å². The van der Waals surface area contributed by atoms with Crippen LogP contribution < -0.4 is 29.0 Å². The zero-order valence-electron chi connectivity index (χ0n) is 20.8. The van der Waals surface area contributed by atoms with Crippen LogP contribution in [0.15, 0.2) is 60.8 Å². The lowest BCUT2D eigenvalue weighted by atomic mass is 10.1. The highest BCUT2D eigenvalue weighted by atomic mass is 35.5. The zero-order chi connectivity index (χ0) is 26.1. The second-order valence-electron chi connectivity index (χ2n) is 7.45. The molecule has 0 aliphatic carbocycles. The first-order valence-electron chi connectivity index (χ1n) is 10.9. The highest BCUT2D eigenvalue weighted by Gasteiger charge is 2.13. The van der Waals surface area contributed by atoms with E-state index in [0.717, 1.165) is 11.1 Å². The molecule has 0 aliphatic rings. The van der Waals surface area contributed by atoms with Gasteiger partial charge in [-0.15, -0.1) is 0 Å². The summed E-state index contributed by atoms with van der Waals surface area (Å²) in [4.78, 5) is 12.5. The summed E-state index contributed by atoms with van der Waals surface area (Å²) in [6.45, 7) is 0. The van der Waals surface area contributed by atoms with Gasteiger partial charge in [-0.25, -0.2) is 0 Å². The van der Waals surface area contributed by atoms with Crippen LogP contribution in [-0.2, 0) is 0 Å². The fraction of sp³-hybridized carbons (Fsp3) is 0.179. The van der Waals surface area contributed by atoms with Crippen LogP contribution in [-0.4, -0.2) is 41.3 Å². The van der Waals surface area contributed by atoms with Crippen molar-refractivity contribution in [2.45, 2.75) is 0 Å². The minimum Gasteiger partial charge on any atom is -0.497 e. The Kier molecular flexibility index (Phi) is 9.25. The summed E-state index contributed by atoms with van der Waals surface area (Å²) in [7, 11) is 7.80. The lowest BCUT2D eigenvalue weighted by molar-refractivity contribution is 0.104. The number of anilines is 1. The Hall–Kier alpha value is -4.10. The summed E-state index contributed by atoms with van der Waals surface area (Å²) in [5.74, 6) is 2.62. The molecule has 0 saturated carbocycles. The number of allylic oxidation sites excluding steroid dienone is 1. The molecular formula is C28H28ClNO6. The number of methoxy groups -OCH3 is 5. The third-order valence-electron chi connectivity index (χ3n) is 5.27. The molecule has 8 heteroatoms. The molecule has 0 heterocycles. The van der Waals surface area contributed by atoms with Gasteiger partial charge in [-0.1, -0.05) is 23.8 Å². The van der Waals surface area contributed by atoms with Crippen LogP contribution in [0.3, 0.4) is 0 Å². The second-order valence-corrected chi connectivity index (χ2v) is 7.85. The van der Waals surface area contributed by atoms with Crippen LogP contribution >= 0.6 is 11.6 Å². The third-order valence-corrected chi connectivity index (χ3v) is 5.55. The van der Waals surface area contributed by atoms with Crippen LogP contribution in [0.2, 0.25) is 5.02 Å². The lowest BCUT2D eigenvalue weighted by Crippen LogP contribution is -1.98. The van der Waals surface area contributed by atoms with Gasteiger partial charge in [-0.3, -0.25) is 4.79 Å². The van der Waals surface area contributed by atoms with E-state index in [0.29, 0.717) is 45.0 Å². The average Bonchev–Trinajstić information content (AvgIpc) is 2.91. The van der Waals surface area contributed by atoms with Crippen LogP contribution in [0, 0.1) is 0 Å². The highest BCUT2D eigenvalue weighted by molar-refractivity contribution is 6.32. The molecule has 0 saturated heterocycles. The average molecular weight is 510 g/mol. The Morgan fingerprint density at radius 3 is 1.86 bits per heavy atom. The minimum absolute atomic E-state index is 0.159. The lowest BCUT2D eigenvalue weighted by Gasteiger charge is -2.13. The van der Waals surface area contributed by atoms with Gasteiger partial charge in [0.1, 0.15) is 5.75 Å². The fourth-order valence-electron chi connectivity index (χ4n) is 3.47. The summed E-state index contributed by atoms with van der Waals surface area (Å²) in [5.41, 5.74) is 2.80. The van der Waals surface area contributed by atoms with Gasteiger partial charge in [0, 0.05) is 17.8 Å². The predicted molar refractivity (Wildman–Crippen MR) is 143 cm³/mol. The first kappa shape index (κ1) is 26.5. The van der Waals surface area contributed by atoms with E-state index in [1.165, 1.54) is 13.2 Å². The van der Waals surface area contributed by atoms with Gasteiger partial charge in [-0.2, -0.15) is 0 Å². The minimum atomic E-state index is -0.159. The van der Waals surface area contributed by atoms with Crippen molar-refractivity contribution >= 4 is 35.2 Å². The van der Waals surface area contributed by atoms with Crippen LogP contribution in [0.25, 0.3) is 12.2 Å². The SMILES string of the molecule is COc1ccc(C(=O)/C=C\Nc2cc(/C=C\c3cc(OC)c(OC)c(OC)c3)cc(Cl)c2OC)cc1. The maximum Gasteiger partial charge on any atom is 0.203 e. The first-order chi connectivity index (χ1) is 17.4. The van der Waals surface area contributed by atoms with E-state index < -0.39 is 0 Å². The van der Waals surface area contributed by atoms with Crippen LogP contribution in [0.4, 0.5) is 5.69 Å². The number of nitrogens with one attached hydrogen (secondary N) is 1. The summed E-state index contributed by atoms with van der Waals surface area (Å²) >= 11 is 6.46. The molecule has 0 amide bonds. The Morgan fingerprint density at radius 1 is 0.750 bits per heavy atom. The number of rotatable bonds is 11. The molecule has 0 aromatic heterocycles. The maximum absolute atomic E-state index is 12.5. The molecule has 0 spiro atoms. The van der Waals surface area contributed by atoms with E-state index in [1.807, 2.05) is 30.4 Å². The van der Waals surface area contributed by atoms with E-state index in [4.69, 9.17) is 35.3 Å². The van der Waals surface area contributed by atoms with Gasteiger partial charge < -0.3 is 29.0 Å². The van der Waals surface area contributed by atoms with E-state index in [-0.39, 0.29) is 5.78 Å². The largest absolute Gasteiger partial charge is 0.497 e. The maximum atomic E-state index is 12.5. The Balaban J connectivity index is 1.83. The van der Waals surface area contributed by atoms with E-state index in [1.54, 1.807) is 65.0 Å². The molecule has 3 aromatic rings. The van der Waals surface area contributed by atoms with Crippen molar-refractivity contribution in [2.75, 3.05) is 40.9 Å². The Morgan fingerprint density at radius 2 is 1.33 bits per heavy atom. The second kappa shape index (κ2) is 12.6. The van der Waals surface area contributed by atoms with Crippen molar-refractivity contribution in [1.29, 1.82) is 0 Å². The molecule has 0 unspecified atom stereocenters. The molecular weight excluding hydrogens is 482 g/mol. The quantitative estimate of drug-likeness (QED) is 0.183. The Bertz CT molecular complexity index is 1240. The van der Waals surface area contributed by atoms with Gasteiger partial charge in [-0.05, 0) is 59.7 Å². The third kappa shape index (κ3) is 6.31. The van der Waals surface area contributed by atoms with E-state index >= 15 is 0 Å². The zero-order valence-corrected chi connectivity index (χ0v) is 21.5. The van der Waals surface area contributed by atoms with Crippen molar-refractivity contribution < 1.29 is 28.5 Å². The van der Waals surface area contributed by atoms with Crippen LogP contribution in [0.1, 0.15) is 21.5 Å². The number of hydrogen-bond acceptors (Lipinski definition) is 7. The molecule has 3 aromatic carbocycles. The van der Waals surface area contributed by atoms with Crippen molar-refractivity contribution in [2.24, 2.45) is 0 Å². The van der Waals surface area contributed by atoms with Crippen LogP contribution in [0.5, 0.6) is 28.7 Å². The predicted octanol–water partition coefficient (Wildman–Crippen LogP) is 6.36. The molecule has 0 fully saturated rings. The van der Waals surface area contributed by atoms with Gasteiger partial charge >= 0.3 is 0 Å². The van der Waals surface area contributed by atoms with Crippen molar-refractivity contribution in [1.82, 2.24) is 0 Å².